The molecule has 0 rings (SSSR count). The van der Waals surface area contributed by atoms with Crippen LogP contribution in [0.2, 0.25) is 0 Å². The summed E-state index contributed by atoms with van der Waals surface area (Å²) in [5, 5.41) is 9.90. The summed E-state index contributed by atoms with van der Waals surface area (Å²) in [5.41, 5.74) is 0. The number of aliphatic hydroxyl groups is 1. The van der Waals surface area contributed by atoms with Crippen molar-refractivity contribution in [3.63, 3.8) is 0 Å². The predicted octanol–water partition coefficient (Wildman–Crippen LogP) is 8.30. The molecule has 5 heteroatoms. The van der Waals surface area contributed by atoms with Crippen molar-refractivity contribution in [1.29, 1.82) is 0 Å². The summed E-state index contributed by atoms with van der Waals surface area (Å²) in [6, 6.07) is 0. The van der Waals surface area contributed by atoms with Gasteiger partial charge in [0.1, 0.15) is 19.3 Å². The minimum Gasteiger partial charge on any atom is -0.463 e. The molecule has 0 radical (unpaired) electrons. The van der Waals surface area contributed by atoms with Gasteiger partial charge in [-0.25, -0.2) is 0 Å². The summed E-state index contributed by atoms with van der Waals surface area (Å²) >= 11 is 0. The summed E-state index contributed by atoms with van der Waals surface area (Å²) in [5.74, 6) is 0.213. The van der Waals surface area contributed by atoms with Crippen molar-refractivity contribution in [3.8, 4) is 0 Å². The number of carbonyl (C=O) groups is 2. The van der Waals surface area contributed by atoms with Crippen LogP contribution in [0.1, 0.15) is 156 Å². The molecule has 0 aromatic rings. The zero-order valence-electron chi connectivity index (χ0n) is 23.5. The number of aliphatic hydroxyl groups excluding tert-OH is 1. The van der Waals surface area contributed by atoms with Crippen molar-refractivity contribution < 1.29 is 24.2 Å². The maximum Gasteiger partial charge on any atom is 0.305 e. The van der Waals surface area contributed by atoms with Crippen molar-refractivity contribution in [1.82, 2.24) is 0 Å². The van der Waals surface area contributed by atoms with Crippen LogP contribution in [0.5, 0.6) is 0 Å². The van der Waals surface area contributed by atoms with Crippen LogP contribution in [0, 0.1) is 5.92 Å². The highest BCUT2D eigenvalue weighted by molar-refractivity contribution is 5.69. The SMILES string of the molecule is CCCCCCCCCCCCCCC(=O)OC[C@@H](O)COC(=O)CCCCCCCCC(C)C. The largest absolute Gasteiger partial charge is 0.463 e. The van der Waals surface area contributed by atoms with Crippen LogP contribution in [-0.2, 0) is 19.1 Å². The molecule has 0 aromatic carbocycles. The molecule has 0 unspecified atom stereocenters. The van der Waals surface area contributed by atoms with Gasteiger partial charge in [0.15, 0.2) is 0 Å². The average molecular weight is 499 g/mol. The first-order valence-electron chi connectivity index (χ1n) is 14.9. The third kappa shape index (κ3) is 27.3. The van der Waals surface area contributed by atoms with Crippen molar-refractivity contribution in [3.05, 3.63) is 0 Å². The molecule has 0 aliphatic rings. The third-order valence-corrected chi connectivity index (χ3v) is 6.52. The number of carbonyl (C=O) groups excluding carboxylic acids is 2. The number of rotatable bonds is 26. The molecule has 0 aliphatic heterocycles. The van der Waals surface area contributed by atoms with Crippen LogP contribution < -0.4 is 0 Å². The molecule has 5 nitrogen and oxygen atoms in total. The van der Waals surface area contributed by atoms with Gasteiger partial charge in [-0.1, -0.05) is 130 Å². The molecule has 0 heterocycles. The Morgan fingerprint density at radius 3 is 1.29 bits per heavy atom. The lowest BCUT2D eigenvalue weighted by Crippen LogP contribution is -2.25. The molecule has 0 bridgehead atoms. The highest BCUT2D eigenvalue weighted by Crippen LogP contribution is 2.13. The standard InChI is InChI=1S/C30H58O5/c1-4-5-6-7-8-9-10-11-12-13-17-20-23-29(32)34-25-28(31)26-35-30(33)24-21-18-15-14-16-19-22-27(2)3/h27-28,31H,4-26H2,1-3H3/t28-/m1/s1. The van der Waals surface area contributed by atoms with Crippen molar-refractivity contribution in [2.24, 2.45) is 5.92 Å². The van der Waals surface area contributed by atoms with Gasteiger partial charge in [-0.05, 0) is 18.8 Å². The topological polar surface area (TPSA) is 72.8 Å². The minimum absolute atomic E-state index is 0.110. The molecule has 0 aromatic heterocycles. The maximum absolute atomic E-state index is 11.8. The van der Waals surface area contributed by atoms with E-state index < -0.39 is 6.10 Å². The Hall–Kier alpha value is -1.10. The van der Waals surface area contributed by atoms with Gasteiger partial charge in [0.05, 0.1) is 0 Å². The van der Waals surface area contributed by atoms with Gasteiger partial charge in [-0.2, -0.15) is 0 Å². The fraction of sp³-hybridized carbons (Fsp3) is 0.933. The zero-order chi connectivity index (χ0) is 26.0. The molecule has 0 saturated carbocycles. The van der Waals surface area contributed by atoms with E-state index in [0.717, 1.165) is 38.0 Å². The number of ether oxygens (including phenoxy) is 2. The van der Waals surface area contributed by atoms with E-state index in [1.807, 2.05) is 0 Å². The van der Waals surface area contributed by atoms with E-state index in [1.54, 1.807) is 0 Å². The normalized spacial score (nSPS) is 12.1. The number of unbranched alkanes of at least 4 members (excludes halogenated alkanes) is 16. The number of hydrogen-bond donors (Lipinski definition) is 1. The second-order valence-corrected chi connectivity index (χ2v) is 10.7. The quantitative estimate of drug-likeness (QED) is 0.0959. The Morgan fingerprint density at radius 2 is 0.914 bits per heavy atom. The first-order valence-corrected chi connectivity index (χ1v) is 14.9. The van der Waals surface area contributed by atoms with Crippen molar-refractivity contribution >= 4 is 11.9 Å². The van der Waals surface area contributed by atoms with E-state index in [2.05, 4.69) is 20.8 Å². The molecular weight excluding hydrogens is 440 g/mol. The van der Waals surface area contributed by atoms with Crippen LogP contribution in [0.4, 0.5) is 0 Å². The fourth-order valence-electron chi connectivity index (χ4n) is 4.21. The van der Waals surface area contributed by atoms with Crippen molar-refractivity contribution in [2.75, 3.05) is 13.2 Å². The average Bonchev–Trinajstić information content (AvgIpc) is 2.83. The summed E-state index contributed by atoms with van der Waals surface area (Å²) in [7, 11) is 0. The molecule has 35 heavy (non-hydrogen) atoms. The van der Waals surface area contributed by atoms with Gasteiger partial charge in [0.25, 0.3) is 0 Å². The van der Waals surface area contributed by atoms with E-state index >= 15 is 0 Å². The Balaban J connectivity index is 3.43. The first-order chi connectivity index (χ1) is 17.0. The molecule has 208 valence electrons. The molecular formula is C30H58O5. The Bertz CT molecular complexity index is 477. The van der Waals surface area contributed by atoms with Crippen molar-refractivity contribution in [2.45, 2.75) is 162 Å². The fourth-order valence-corrected chi connectivity index (χ4v) is 4.21. The molecule has 0 saturated heterocycles. The molecule has 1 atom stereocenters. The van der Waals surface area contributed by atoms with Gasteiger partial charge in [-0.15, -0.1) is 0 Å². The van der Waals surface area contributed by atoms with Gasteiger partial charge in [-0.3, -0.25) is 9.59 Å². The van der Waals surface area contributed by atoms with Gasteiger partial charge in [0.2, 0.25) is 0 Å². The van der Waals surface area contributed by atoms with E-state index in [-0.39, 0.29) is 25.2 Å². The molecule has 0 spiro atoms. The highest BCUT2D eigenvalue weighted by atomic mass is 16.6. The lowest BCUT2D eigenvalue weighted by Gasteiger charge is -2.12. The van der Waals surface area contributed by atoms with Gasteiger partial charge in [0, 0.05) is 12.8 Å². The summed E-state index contributed by atoms with van der Waals surface area (Å²) in [6.45, 7) is 6.54. The monoisotopic (exact) mass is 498 g/mol. The summed E-state index contributed by atoms with van der Waals surface area (Å²) < 4.78 is 10.2. The van der Waals surface area contributed by atoms with Gasteiger partial charge < -0.3 is 14.6 Å². The number of esters is 2. The smallest absolute Gasteiger partial charge is 0.305 e. The Labute approximate surface area is 217 Å². The Morgan fingerprint density at radius 1 is 0.571 bits per heavy atom. The Kier molecular flexibility index (Phi) is 25.2. The van der Waals surface area contributed by atoms with E-state index in [9.17, 15) is 14.7 Å². The van der Waals surface area contributed by atoms with Crippen LogP contribution in [0.25, 0.3) is 0 Å². The lowest BCUT2D eigenvalue weighted by atomic mass is 10.0. The summed E-state index contributed by atoms with van der Waals surface area (Å²) in [4.78, 5) is 23.6. The van der Waals surface area contributed by atoms with Crippen LogP contribution in [-0.4, -0.2) is 36.4 Å². The van der Waals surface area contributed by atoms with Crippen LogP contribution >= 0.6 is 0 Å². The van der Waals surface area contributed by atoms with E-state index in [0.29, 0.717) is 12.8 Å². The molecule has 0 fully saturated rings. The molecule has 0 amide bonds. The maximum atomic E-state index is 11.8. The molecule has 0 aliphatic carbocycles. The molecule has 1 N–H and O–H groups in total. The van der Waals surface area contributed by atoms with E-state index in [4.69, 9.17) is 9.47 Å². The third-order valence-electron chi connectivity index (χ3n) is 6.52. The zero-order valence-corrected chi connectivity index (χ0v) is 23.5. The second-order valence-electron chi connectivity index (χ2n) is 10.7. The number of hydrogen-bond acceptors (Lipinski definition) is 5. The van der Waals surface area contributed by atoms with Crippen LogP contribution in [0.3, 0.4) is 0 Å². The minimum atomic E-state index is -0.953. The van der Waals surface area contributed by atoms with E-state index in [1.165, 1.54) is 89.9 Å². The first kappa shape index (κ1) is 33.9. The highest BCUT2D eigenvalue weighted by Gasteiger charge is 2.12. The van der Waals surface area contributed by atoms with Gasteiger partial charge >= 0.3 is 11.9 Å². The second kappa shape index (κ2) is 26.0. The van der Waals surface area contributed by atoms with Crippen LogP contribution in [0.15, 0.2) is 0 Å². The predicted molar refractivity (Wildman–Crippen MR) is 145 cm³/mol. The summed E-state index contributed by atoms with van der Waals surface area (Å²) in [6.07, 6.45) is 23.0. The lowest BCUT2D eigenvalue weighted by molar-refractivity contribution is -0.152.